The van der Waals surface area contributed by atoms with E-state index in [-0.39, 0.29) is 12.7 Å². The Morgan fingerprint density at radius 3 is 2.95 bits per heavy atom. The highest BCUT2D eigenvalue weighted by Crippen LogP contribution is 2.35. The number of rotatable bonds is 2. The number of aryl methyl sites for hydroxylation is 1. The smallest absolute Gasteiger partial charge is 0.328 e. The molecule has 3 N–H and O–H groups in total. The highest BCUT2D eigenvalue weighted by Gasteiger charge is 2.48. The maximum atomic E-state index is 12.2. The summed E-state index contributed by atoms with van der Waals surface area (Å²) in [4.78, 5) is 26.0. The van der Waals surface area contributed by atoms with Gasteiger partial charge in [-0.05, 0) is 19.8 Å². The monoisotopic (exact) mass is 312 g/mol. The topological polar surface area (TPSA) is 114 Å². The van der Waals surface area contributed by atoms with Crippen molar-refractivity contribution in [2.45, 2.75) is 50.2 Å². The first-order chi connectivity index (χ1) is 10.5. The number of aliphatic hydroxyl groups excluding tert-OH is 2. The van der Waals surface area contributed by atoms with Crippen LogP contribution in [0.2, 0.25) is 0 Å². The summed E-state index contributed by atoms with van der Waals surface area (Å²) in [7, 11) is 0. The second kappa shape index (κ2) is 5.96. The lowest BCUT2D eigenvalue weighted by atomic mass is 9.91. The lowest BCUT2D eigenvalue weighted by Gasteiger charge is -2.43. The molecule has 8 heteroatoms. The number of aromatic nitrogens is 2. The highest BCUT2D eigenvalue weighted by molar-refractivity contribution is 5.06. The number of ether oxygens (including phenoxy) is 2. The average molecular weight is 312 g/mol. The molecule has 2 saturated heterocycles. The molecule has 2 bridgehead atoms. The molecule has 0 aromatic carbocycles. The number of nitrogens with one attached hydrogen (secondary N) is 1. The van der Waals surface area contributed by atoms with Gasteiger partial charge in [0.15, 0.2) is 0 Å². The van der Waals surface area contributed by atoms with Crippen LogP contribution in [0.1, 0.15) is 24.4 Å². The molecule has 2 aliphatic heterocycles. The summed E-state index contributed by atoms with van der Waals surface area (Å²) in [5, 5.41) is 19.7. The van der Waals surface area contributed by atoms with Crippen molar-refractivity contribution in [2.75, 3.05) is 13.2 Å². The fourth-order valence-electron chi connectivity index (χ4n) is 3.25. The van der Waals surface area contributed by atoms with Crippen LogP contribution in [0.4, 0.5) is 0 Å². The zero-order chi connectivity index (χ0) is 15.9. The van der Waals surface area contributed by atoms with Gasteiger partial charge in [-0.15, -0.1) is 0 Å². The van der Waals surface area contributed by atoms with Crippen molar-refractivity contribution in [1.29, 1.82) is 0 Å². The standard InChI is InChI=1S/C14H20N2O6/c1-7-5-16(14(20)15-13(7)19)10-8-3-2-4-21-12(10)11(18)9(6-17)22-8/h5,8-12,17-18H,2-4,6H2,1H3,(H,15,19,20)/t8?,9-,10-,11?,12?/m1/s1. The molecular formula is C14H20N2O6. The average Bonchev–Trinajstić information content (AvgIpc) is 2.65. The summed E-state index contributed by atoms with van der Waals surface area (Å²) in [5.41, 5.74) is -0.592. The first-order valence-corrected chi connectivity index (χ1v) is 7.41. The summed E-state index contributed by atoms with van der Waals surface area (Å²) in [6, 6.07) is -0.539. The predicted molar refractivity (Wildman–Crippen MR) is 75.8 cm³/mol. The molecule has 0 aliphatic carbocycles. The molecule has 0 radical (unpaired) electrons. The fraction of sp³-hybridized carbons (Fsp3) is 0.714. The minimum absolute atomic E-state index is 0.316. The molecule has 3 rings (SSSR count). The van der Waals surface area contributed by atoms with Crippen LogP contribution in [0.25, 0.3) is 0 Å². The molecule has 1 aromatic rings. The van der Waals surface area contributed by atoms with Crippen LogP contribution >= 0.6 is 0 Å². The van der Waals surface area contributed by atoms with E-state index in [2.05, 4.69) is 4.98 Å². The molecule has 122 valence electrons. The van der Waals surface area contributed by atoms with Gasteiger partial charge in [0.2, 0.25) is 0 Å². The summed E-state index contributed by atoms with van der Waals surface area (Å²) >= 11 is 0. The number of aromatic amines is 1. The maximum absolute atomic E-state index is 12.2. The normalized spacial score (nSPS) is 35.1. The van der Waals surface area contributed by atoms with Gasteiger partial charge in [0.25, 0.3) is 5.56 Å². The van der Waals surface area contributed by atoms with Crippen LogP contribution < -0.4 is 11.2 Å². The number of hydrogen-bond donors (Lipinski definition) is 3. The lowest BCUT2D eigenvalue weighted by Crippen LogP contribution is -2.57. The van der Waals surface area contributed by atoms with Gasteiger partial charge >= 0.3 is 5.69 Å². The van der Waals surface area contributed by atoms with E-state index in [1.54, 1.807) is 6.92 Å². The van der Waals surface area contributed by atoms with E-state index in [1.165, 1.54) is 10.8 Å². The van der Waals surface area contributed by atoms with E-state index >= 15 is 0 Å². The zero-order valence-corrected chi connectivity index (χ0v) is 12.3. The van der Waals surface area contributed by atoms with Crippen LogP contribution in [0.15, 0.2) is 15.8 Å². The lowest BCUT2D eigenvalue weighted by molar-refractivity contribution is -0.206. The van der Waals surface area contributed by atoms with Crippen molar-refractivity contribution in [3.63, 3.8) is 0 Å². The summed E-state index contributed by atoms with van der Waals surface area (Å²) < 4.78 is 12.8. The molecule has 2 aliphatic rings. The largest absolute Gasteiger partial charge is 0.394 e. The third-order valence-corrected chi connectivity index (χ3v) is 4.37. The van der Waals surface area contributed by atoms with Crippen molar-refractivity contribution in [1.82, 2.24) is 9.55 Å². The molecule has 1 aromatic heterocycles. The Morgan fingerprint density at radius 2 is 2.23 bits per heavy atom. The van der Waals surface area contributed by atoms with Gasteiger partial charge in [-0.25, -0.2) is 4.79 Å². The quantitative estimate of drug-likeness (QED) is 0.624. The predicted octanol–water partition coefficient (Wildman–Crippen LogP) is -1.31. The summed E-state index contributed by atoms with van der Waals surface area (Å²) in [5.74, 6) is 0. The molecular weight excluding hydrogens is 292 g/mol. The number of fused-ring (bicyclic) bond motifs is 2. The van der Waals surface area contributed by atoms with Crippen molar-refractivity contribution in [3.05, 3.63) is 32.6 Å². The van der Waals surface area contributed by atoms with E-state index in [1.807, 2.05) is 0 Å². The third kappa shape index (κ3) is 2.52. The molecule has 2 fully saturated rings. The Labute approximate surface area is 126 Å². The Bertz CT molecular complexity index is 653. The first-order valence-electron chi connectivity index (χ1n) is 7.41. The molecule has 8 nitrogen and oxygen atoms in total. The Hall–Kier alpha value is -1.48. The van der Waals surface area contributed by atoms with Crippen molar-refractivity contribution in [3.8, 4) is 0 Å². The van der Waals surface area contributed by atoms with Gasteiger partial charge in [0, 0.05) is 18.4 Å². The van der Waals surface area contributed by atoms with E-state index in [0.29, 0.717) is 18.6 Å². The second-order valence-corrected chi connectivity index (χ2v) is 5.83. The van der Waals surface area contributed by atoms with Gasteiger partial charge < -0.3 is 19.7 Å². The highest BCUT2D eigenvalue weighted by atomic mass is 16.6. The molecule has 3 heterocycles. The zero-order valence-electron chi connectivity index (χ0n) is 12.3. The molecule has 0 spiro atoms. The van der Waals surface area contributed by atoms with Gasteiger partial charge in [0.05, 0.1) is 18.8 Å². The number of H-pyrrole nitrogens is 1. The molecule has 22 heavy (non-hydrogen) atoms. The molecule has 0 amide bonds. The molecule has 3 unspecified atom stereocenters. The van der Waals surface area contributed by atoms with E-state index in [0.717, 1.165) is 6.42 Å². The fourth-order valence-corrected chi connectivity index (χ4v) is 3.25. The van der Waals surface area contributed by atoms with Gasteiger partial charge in [0.1, 0.15) is 18.3 Å². The maximum Gasteiger partial charge on any atom is 0.328 e. The van der Waals surface area contributed by atoms with Crippen LogP contribution in [-0.4, -0.2) is 57.4 Å². The number of aliphatic hydroxyl groups is 2. The van der Waals surface area contributed by atoms with Crippen LogP contribution in [-0.2, 0) is 9.47 Å². The van der Waals surface area contributed by atoms with Crippen LogP contribution in [0.3, 0.4) is 0 Å². The number of nitrogens with zero attached hydrogens (tertiary/aromatic N) is 1. The third-order valence-electron chi connectivity index (χ3n) is 4.37. The van der Waals surface area contributed by atoms with E-state index in [4.69, 9.17) is 9.47 Å². The van der Waals surface area contributed by atoms with E-state index in [9.17, 15) is 19.8 Å². The van der Waals surface area contributed by atoms with Gasteiger partial charge in [-0.2, -0.15) is 0 Å². The minimum atomic E-state index is -1.04. The van der Waals surface area contributed by atoms with Crippen molar-refractivity contribution >= 4 is 0 Å². The Kier molecular flexibility index (Phi) is 4.18. The van der Waals surface area contributed by atoms with Crippen molar-refractivity contribution in [2.24, 2.45) is 0 Å². The van der Waals surface area contributed by atoms with Crippen LogP contribution in [0.5, 0.6) is 0 Å². The minimum Gasteiger partial charge on any atom is -0.394 e. The summed E-state index contributed by atoms with van der Waals surface area (Å²) in [6.45, 7) is 1.74. The SMILES string of the molecule is Cc1cn([C@@H]2C3CCCOC2C(O)[C@@H](CO)O3)c(=O)[nH]c1=O. The summed E-state index contributed by atoms with van der Waals surface area (Å²) in [6.07, 6.45) is 0.0506. The second-order valence-electron chi connectivity index (χ2n) is 5.83. The molecule has 0 saturated carbocycles. The van der Waals surface area contributed by atoms with Gasteiger partial charge in [-0.1, -0.05) is 0 Å². The first kappa shape index (κ1) is 15.4. The van der Waals surface area contributed by atoms with Crippen LogP contribution in [0, 0.1) is 6.92 Å². The van der Waals surface area contributed by atoms with Gasteiger partial charge in [-0.3, -0.25) is 14.3 Å². The van der Waals surface area contributed by atoms with E-state index < -0.39 is 35.6 Å². The molecule has 5 atom stereocenters. The Morgan fingerprint density at radius 1 is 1.45 bits per heavy atom. The van der Waals surface area contributed by atoms with Crippen molar-refractivity contribution < 1.29 is 19.7 Å². The number of hydrogen-bond acceptors (Lipinski definition) is 6. The Balaban J connectivity index is 2.07.